The Hall–Kier alpha value is -3.30. The Morgan fingerprint density at radius 1 is 0.966 bits per heavy atom. The molecule has 0 aliphatic heterocycles. The van der Waals surface area contributed by atoms with E-state index in [0.717, 1.165) is 19.1 Å². The van der Waals surface area contributed by atoms with Gasteiger partial charge < -0.3 is 9.73 Å². The number of hydrogen-bond donors (Lipinski definition) is 1. The molecule has 1 aromatic heterocycles. The summed E-state index contributed by atoms with van der Waals surface area (Å²) in [7, 11) is 0. The predicted molar refractivity (Wildman–Crippen MR) is 91.1 cm³/mol. The van der Waals surface area contributed by atoms with E-state index < -0.39 is 41.2 Å². The molecule has 1 N–H and O–H groups in total. The van der Waals surface area contributed by atoms with Crippen molar-refractivity contribution >= 4 is 11.6 Å². The van der Waals surface area contributed by atoms with Crippen LogP contribution in [0.5, 0.6) is 0 Å². The molecular weight excluding hydrogens is 402 g/mol. The van der Waals surface area contributed by atoms with E-state index in [1.165, 1.54) is 12.1 Å². The molecule has 0 aliphatic rings. The van der Waals surface area contributed by atoms with E-state index in [4.69, 9.17) is 0 Å². The van der Waals surface area contributed by atoms with Gasteiger partial charge in [0.15, 0.2) is 11.6 Å². The molecule has 1 amide bonds. The van der Waals surface area contributed by atoms with Crippen LogP contribution in [0.4, 0.5) is 32.0 Å². The molecular formula is C19H12F6N2O2. The van der Waals surface area contributed by atoms with Gasteiger partial charge in [-0.25, -0.2) is 4.98 Å². The second-order valence-electron chi connectivity index (χ2n) is 5.99. The maximum absolute atomic E-state index is 13.5. The lowest BCUT2D eigenvalue weighted by Gasteiger charge is -2.15. The van der Waals surface area contributed by atoms with Crippen molar-refractivity contribution in [2.45, 2.75) is 19.3 Å². The number of amides is 1. The summed E-state index contributed by atoms with van der Waals surface area (Å²) in [6.45, 7) is 1.11. The lowest BCUT2D eigenvalue weighted by molar-refractivity contribution is -0.153. The Kier molecular flexibility index (Phi) is 5.12. The Morgan fingerprint density at radius 3 is 2.21 bits per heavy atom. The van der Waals surface area contributed by atoms with Crippen LogP contribution in [0.3, 0.4) is 0 Å². The highest BCUT2D eigenvalue weighted by Crippen LogP contribution is 2.39. The van der Waals surface area contributed by atoms with Crippen LogP contribution in [0.25, 0.3) is 11.1 Å². The number of benzene rings is 2. The Morgan fingerprint density at radius 2 is 1.62 bits per heavy atom. The summed E-state index contributed by atoms with van der Waals surface area (Å²) in [4.78, 5) is 15.6. The topological polar surface area (TPSA) is 55.1 Å². The van der Waals surface area contributed by atoms with Gasteiger partial charge >= 0.3 is 12.4 Å². The molecule has 0 spiro atoms. The highest BCUT2D eigenvalue weighted by molar-refractivity contribution is 6.03. The first-order valence-corrected chi connectivity index (χ1v) is 8.09. The molecule has 152 valence electrons. The highest BCUT2D eigenvalue weighted by Gasteiger charge is 2.41. The Bertz CT molecular complexity index is 1040. The van der Waals surface area contributed by atoms with Crippen molar-refractivity contribution in [3.63, 3.8) is 0 Å². The van der Waals surface area contributed by atoms with Gasteiger partial charge in [0.1, 0.15) is 0 Å². The minimum Gasteiger partial charge on any atom is -0.436 e. The maximum atomic E-state index is 13.5. The van der Waals surface area contributed by atoms with Crippen LogP contribution in [-0.2, 0) is 12.4 Å². The van der Waals surface area contributed by atoms with Gasteiger partial charge in [-0.15, -0.1) is 0 Å². The van der Waals surface area contributed by atoms with Crippen molar-refractivity contribution < 1.29 is 35.6 Å². The first kappa shape index (κ1) is 20.4. The zero-order valence-corrected chi connectivity index (χ0v) is 14.7. The summed E-state index contributed by atoms with van der Waals surface area (Å²) in [6.07, 6.45) is -9.74. The maximum Gasteiger partial charge on any atom is 0.452 e. The van der Waals surface area contributed by atoms with Crippen LogP contribution in [0.15, 0.2) is 52.9 Å². The normalized spacial score (nSPS) is 12.1. The van der Waals surface area contributed by atoms with Gasteiger partial charge in [-0.3, -0.25) is 4.79 Å². The number of nitrogens with zero attached hydrogens (tertiary/aromatic N) is 1. The second-order valence-corrected chi connectivity index (χ2v) is 5.99. The summed E-state index contributed by atoms with van der Waals surface area (Å²) in [6, 6.07) is 10.7. The van der Waals surface area contributed by atoms with E-state index in [0.29, 0.717) is 11.6 Å². The van der Waals surface area contributed by atoms with Crippen LogP contribution in [0.2, 0.25) is 0 Å². The fourth-order valence-corrected chi connectivity index (χ4v) is 2.69. The van der Waals surface area contributed by atoms with E-state index >= 15 is 0 Å². The summed E-state index contributed by atoms with van der Waals surface area (Å²) < 4.78 is 83.8. The number of alkyl halides is 6. The van der Waals surface area contributed by atoms with Crippen molar-refractivity contribution in [3.8, 4) is 11.1 Å². The zero-order valence-electron chi connectivity index (χ0n) is 14.7. The largest absolute Gasteiger partial charge is 0.452 e. The third-order valence-electron chi connectivity index (χ3n) is 3.87. The molecule has 3 rings (SSSR count). The Labute approximate surface area is 160 Å². The van der Waals surface area contributed by atoms with Crippen LogP contribution >= 0.6 is 0 Å². The lowest BCUT2D eigenvalue weighted by atomic mass is 9.98. The second kappa shape index (κ2) is 7.26. The molecule has 0 saturated heterocycles. The number of nitrogens with one attached hydrogen (secondary N) is 1. The number of carbonyl (C=O) groups excluding carboxylic acids is 1. The number of aryl methyl sites for hydroxylation is 1. The zero-order chi connectivity index (χ0) is 21.4. The van der Waals surface area contributed by atoms with Crippen molar-refractivity contribution in [2.24, 2.45) is 0 Å². The average molecular weight is 414 g/mol. The summed E-state index contributed by atoms with van der Waals surface area (Å²) >= 11 is 0. The fraction of sp³-hybridized carbons (Fsp3) is 0.158. The molecule has 4 nitrogen and oxygen atoms in total. The fourth-order valence-electron chi connectivity index (χ4n) is 2.69. The third-order valence-corrected chi connectivity index (χ3v) is 3.87. The minimum atomic E-state index is -4.98. The van der Waals surface area contributed by atoms with E-state index in [9.17, 15) is 31.1 Å². The minimum absolute atomic E-state index is 0.135. The molecule has 1 heterocycles. The molecule has 3 aromatic rings. The number of aromatic nitrogens is 1. The molecule has 0 fully saturated rings. The lowest BCUT2D eigenvalue weighted by Crippen LogP contribution is -2.18. The number of hydrogen-bond acceptors (Lipinski definition) is 3. The first-order chi connectivity index (χ1) is 13.5. The number of carbonyl (C=O) groups is 1. The van der Waals surface area contributed by atoms with E-state index in [1.807, 2.05) is 5.32 Å². The molecule has 2 aromatic carbocycles. The van der Waals surface area contributed by atoms with E-state index in [1.54, 1.807) is 18.2 Å². The molecule has 0 bridgehead atoms. The van der Waals surface area contributed by atoms with Crippen molar-refractivity contribution in [1.29, 1.82) is 0 Å². The molecule has 10 heteroatoms. The number of halogens is 6. The van der Waals surface area contributed by atoms with Gasteiger partial charge in [0.25, 0.3) is 5.91 Å². The van der Waals surface area contributed by atoms with E-state index in [-0.39, 0.29) is 11.3 Å². The summed E-state index contributed by atoms with van der Waals surface area (Å²) in [5, 5.41) is 2.01. The van der Waals surface area contributed by atoms with Crippen LogP contribution < -0.4 is 5.32 Å². The SMILES string of the molecule is Cc1nc(C(=O)Nc2ccc(-c3ccccc3)c(C(F)(F)F)c2)c(C(F)(F)F)o1. The average Bonchev–Trinajstić information content (AvgIpc) is 3.04. The van der Waals surface area contributed by atoms with Gasteiger partial charge in [0.2, 0.25) is 5.76 Å². The van der Waals surface area contributed by atoms with Crippen molar-refractivity contribution in [3.05, 3.63) is 71.4 Å². The summed E-state index contributed by atoms with van der Waals surface area (Å²) in [5.41, 5.74) is -2.28. The van der Waals surface area contributed by atoms with Gasteiger partial charge in [-0.2, -0.15) is 26.3 Å². The highest BCUT2D eigenvalue weighted by atomic mass is 19.4. The Balaban J connectivity index is 1.98. The molecule has 29 heavy (non-hydrogen) atoms. The van der Waals surface area contributed by atoms with Crippen molar-refractivity contribution in [2.75, 3.05) is 5.32 Å². The molecule has 0 radical (unpaired) electrons. The summed E-state index contributed by atoms with van der Waals surface area (Å²) in [5.74, 6) is -3.36. The standard InChI is InChI=1S/C19H12F6N2O2/c1-10-26-15(16(29-10)19(23,24)25)17(28)27-12-7-8-13(11-5-3-2-4-6-11)14(9-12)18(20,21)22/h2-9H,1H3,(H,27,28). The predicted octanol–water partition coefficient (Wildman–Crippen LogP) is 5.94. The van der Waals surface area contributed by atoms with Gasteiger partial charge in [0, 0.05) is 12.6 Å². The molecule has 0 saturated carbocycles. The van der Waals surface area contributed by atoms with Crippen LogP contribution in [0.1, 0.15) is 27.7 Å². The van der Waals surface area contributed by atoms with Crippen LogP contribution in [-0.4, -0.2) is 10.9 Å². The smallest absolute Gasteiger partial charge is 0.436 e. The molecule has 0 aliphatic carbocycles. The third kappa shape index (κ3) is 4.41. The monoisotopic (exact) mass is 414 g/mol. The van der Waals surface area contributed by atoms with Gasteiger partial charge in [-0.05, 0) is 23.3 Å². The van der Waals surface area contributed by atoms with Gasteiger partial charge in [0.05, 0.1) is 5.56 Å². The number of rotatable bonds is 3. The molecule has 0 atom stereocenters. The number of oxazole rings is 1. The van der Waals surface area contributed by atoms with Crippen molar-refractivity contribution in [1.82, 2.24) is 4.98 Å². The van der Waals surface area contributed by atoms with Gasteiger partial charge in [-0.1, -0.05) is 36.4 Å². The first-order valence-electron chi connectivity index (χ1n) is 8.09. The van der Waals surface area contributed by atoms with E-state index in [2.05, 4.69) is 9.40 Å². The van der Waals surface area contributed by atoms with Crippen LogP contribution in [0, 0.1) is 6.92 Å². The quantitative estimate of drug-likeness (QED) is 0.540. The molecule has 0 unspecified atom stereocenters. The number of anilines is 1.